The topological polar surface area (TPSA) is 42.0 Å². The third-order valence-electron chi connectivity index (χ3n) is 2.99. The predicted molar refractivity (Wildman–Crippen MR) is 76.2 cm³/mol. The number of carbonyl (C=O) groups excluding carboxylic acids is 1. The summed E-state index contributed by atoms with van der Waals surface area (Å²) < 4.78 is 13.7. The Morgan fingerprint density at radius 3 is 3.05 bits per heavy atom. The molecule has 1 heterocycles. The summed E-state index contributed by atoms with van der Waals surface area (Å²) in [7, 11) is 0. The highest BCUT2D eigenvalue weighted by atomic mass is 79.9. The fourth-order valence-electron chi connectivity index (χ4n) is 2.08. The van der Waals surface area contributed by atoms with Crippen LogP contribution < -0.4 is 5.32 Å². The van der Waals surface area contributed by atoms with Gasteiger partial charge in [0.15, 0.2) is 5.13 Å². The average molecular weight is 341 g/mol. The first-order valence-electron chi connectivity index (χ1n) is 5.88. The van der Waals surface area contributed by atoms with Gasteiger partial charge < -0.3 is 0 Å². The SMILES string of the molecule is O=C(Nc1nc2c(s1)CCC2)c1cc(F)ccc1Br. The number of nitrogens with zero attached hydrogens (tertiary/aromatic N) is 1. The molecule has 19 heavy (non-hydrogen) atoms. The van der Waals surface area contributed by atoms with E-state index in [1.807, 2.05) is 0 Å². The molecule has 3 nitrogen and oxygen atoms in total. The van der Waals surface area contributed by atoms with E-state index in [2.05, 4.69) is 26.2 Å². The van der Waals surface area contributed by atoms with E-state index >= 15 is 0 Å². The number of hydrogen-bond acceptors (Lipinski definition) is 3. The highest BCUT2D eigenvalue weighted by molar-refractivity contribution is 9.10. The number of benzene rings is 1. The summed E-state index contributed by atoms with van der Waals surface area (Å²) in [5, 5.41) is 3.32. The first-order valence-corrected chi connectivity index (χ1v) is 7.49. The number of aryl methyl sites for hydroxylation is 2. The van der Waals surface area contributed by atoms with Crippen LogP contribution >= 0.6 is 27.3 Å². The van der Waals surface area contributed by atoms with Gasteiger partial charge in [0.1, 0.15) is 5.82 Å². The van der Waals surface area contributed by atoms with Gasteiger partial charge in [-0.25, -0.2) is 9.37 Å². The molecule has 3 rings (SSSR count). The first-order chi connectivity index (χ1) is 9.13. The van der Waals surface area contributed by atoms with Crippen LogP contribution in [0.1, 0.15) is 27.3 Å². The number of rotatable bonds is 2. The molecule has 1 aliphatic rings. The van der Waals surface area contributed by atoms with Crippen LogP contribution in [0.4, 0.5) is 9.52 Å². The summed E-state index contributed by atoms with van der Waals surface area (Å²) >= 11 is 4.75. The zero-order valence-corrected chi connectivity index (χ0v) is 12.3. The first kappa shape index (κ1) is 12.7. The van der Waals surface area contributed by atoms with Gasteiger partial charge in [-0.3, -0.25) is 10.1 Å². The van der Waals surface area contributed by atoms with Crippen molar-refractivity contribution in [1.29, 1.82) is 0 Å². The second-order valence-corrected chi connectivity index (χ2v) is 6.26. The normalized spacial score (nSPS) is 13.4. The van der Waals surface area contributed by atoms with Gasteiger partial charge in [0.05, 0.1) is 11.3 Å². The van der Waals surface area contributed by atoms with Gasteiger partial charge in [-0.05, 0) is 53.4 Å². The molecule has 0 fully saturated rings. The Hall–Kier alpha value is -1.27. The molecule has 0 radical (unpaired) electrons. The Balaban J connectivity index is 1.82. The number of halogens is 2. The lowest BCUT2D eigenvalue weighted by molar-refractivity contribution is 0.102. The Bertz CT molecular complexity index is 635. The molecule has 2 aromatic rings. The minimum absolute atomic E-state index is 0.273. The van der Waals surface area contributed by atoms with Crippen molar-refractivity contribution in [2.45, 2.75) is 19.3 Å². The highest BCUT2D eigenvalue weighted by Gasteiger charge is 2.19. The van der Waals surface area contributed by atoms with Gasteiger partial charge in [-0.2, -0.15) is 0 Å². The number of thiazole rings is 1. The summed E-state index contributed by atoms with van der Waals surface area (Å²) in [5.74, 6) is -0.784. The number of aromatic nitrogens is 1. The van der Waals surface area contributed by atoms with Crippen molar-refractivity contribution < 1.29 is 9.18 Å². The molecule has 1 aliphatic carbocycles. The highest BCUT2D eigenvalue weighted by Crippen LogP contribution is 2.31. The van der Waals surface area contributed by atoms with E-state index in [9.17, 15) is 9.18 Å². The van der Waals surface area contributed by atoms with Gasteiger partial charge in [0.25, 0.3) is 5.91 Å². The van der Waals surface area contributed by atoms with Crippen LogP contribution in [-0.2, 0) is 12.8 Å². The van der Waals surface area contributed by atoms with Crippen molar-refractivity contribution in [2.75, 3.05) is 5.32 Å². The summed E-state index contributed by atoms with van der Waals surface area (Å²) in [5.41, 5.74) is 1.36. The van der Waals surface area contributed by atoms with Crippen molar-refractivity contribution in [3.8, 4) is 0 Å². The van der Waals surface area contributed by atoms with Crippen LogP contribution in [0.25, 0.3) is 0 Å². The number of anilines is 1. The summed E-state index contributed by atoms with van der Waals surface area (Å²) in [6.45, 7) is 0. The zero-order valence-electron chi connectivity index (χ0n) is 9.87. The van der Waals surface area contributed by atoms with E-state index in [1.54, 1.807) is 0 Å². The van der Waals surface area contributed by atoms with Crippen LogP contribution in [0.2, 0.25) is 0 Å². The molecule has 0 atom stereocenters. The Kier molecular flexibility index (Phi) is 3.36. The van der Waals surface area contributed by atoms with E-state index in [0.717, 1.165) is 25.0 Å². The third-order valence-corrected chi connectivity index (χ3v) is 4.75. The zero-order chi connectivity index (χ0) is 13.4. The van der Waals surface area contributed by atoms with Crippen LogP contribution in [0.15, 0.2) is 22.7 Å². The van der Waals surface area contributed by atoms with E-state index in [1.165, 1.54) is 34.4 Å². The molecule has 0 bridgehead atoms. The van der Waals surface area contributed by atoms with Crippen LogP contribution in [0.5, 0.6) is 0 Å². The summed E-state index contributed by atoms with van der Waals surface area (Å²) in [6, 6.07) is 4.03. The minimum Gasteiger partial charge on any atom is -0.298 e. The molecule has 6 heteroatoms. The molecule has 0 unspecified atom stereocenters. The molecular formula is C13H10BrFN2OS. The molecule has 1 aromatic carbocycles. The fraction of sp³-hybridized carbons (Fsp3) is 0.231. The number of amides is 1. The van der Waals surface area contributed by atoms with Crippen molar-refractivity contribution in [2.24, 2.45) is 0 Å². The van der Waals surface area contributed by atoms with Crippen LogP contribution in [0, 0.1) is 5.82 Å². The molecule has 0 spiro atoms. The maximum absolute atomic E-state index is 13.2. The lowest BCUT2D eigenvalue weighted by Gasteiger charge is -2.04. The standard InChI is InChI=1S/C13H10BrFN2OS/c14-9-5-4-7(15)6-8(9)12(18)17-13-16-10-2-1-3-11(10)19-13/h4-6H,1-3H2,(H,16,17,18). The molecule has 98 valence electrons. The van der Waals surface area contributed by atoms with Crippen molar-refractivity contribution in [3.63, 3.8) is 0 Å². The lowest BCUT2D eigenvalue weighted by Crippen LogP contribution is -2.12. The van der Waals surface area contributed by atoms with E-state index in [-0.39, 0.29) is 11.5 Å². The van der Waals surface area contributed by atoms with Gasteiger partial charge in [0, 0.05) is 9.35 Å². The molecule has 1 aromatic heterocycles. The van der Waals surface area contributed by atoms with Crippen LogP contribution in [0.3, 0.4) is 0 Å². The number of carbonyl (C=O) groups is 1. The van der Waals surface area contributed by atoms with Gasteiger partial charge in [-0.1, -0.05) is 0 Å². The maximum Gasteiger partial charge on any atom is 0.258 e. The third kappa shape index (κ3) is 2.55. The van der Waals surface area contributed by atoms with Crippen LogP contribution in [-0.4, -0.2) is 10.9 Å². The van der Waals surface area contributed by atoms with Crippen molar-refractivity contribution in [3.05, 3.63) is 44.6 Å². The Morgan fingerprint density at radius 1 is 1.42 bits per heavy atom. The van der Waals surface area contributed by atoms with Gasteiger partial charge in [0.2, 0.25) is 0 Å². The molecule has 1 amide bonds. The van der Waals surface area contributed by atoms with Gasteiger partial charge >= 0.3 is 0 Å². The molecule has 0 saturated heterocycles. The molecular weight excluding hydrogens is 331 g/mol. The largest absolute Gasteiger partial charge is 0.298 e. The second kappa shape index (κ2) is 5.02. The minimum atomic E-state index is -0.435. The number of hydrogen-bond donors (Lipinski definition) is 1. The van der Waals surface area contributed by atoms with E-state index < -0.39 is 5.82 Å². The summed E-state index contributed by atoms with van der Waals surface area (Å²) in [6.07, 6.45) is 3.15. The Labute approximate surface area is 122 Å². The average Bonchev–Trinajstić information content (AvgIpc) is 2.92. The lowest BCUT2D eigenvalue weighted by atomic mass is 10.2. The Morgan fingerprint density at radius 2 is 2.26 bits per heavy atom. The van der Waals surface area contributed by atoms with Gasteiger partial charge in [-0.15, -0.1) is 11.3 Å². The molecule has 0 aliphatic heterocycles. The van der Waals surface area contributed by atoms with E-state index in [0.29, 0.717) is 9.60 Å². The quantitative estimate of drug-likeness (QED) is 0.903. The second-order valence-electron chi connectivity index (χ2n) is 4.32. The molecule has 0 saturated carbocycles. The van der Waals surface area contributed by atoms with Crippen molar-refractivity contribution >= 4 is 38.3 Å². The number of nitrogens with one attached hydrogen (secondary N) is 1. The fourth-order valence-corrected chi connectivity index (χ4v) is 3.55. The van der Waals surface area contributed by atoms with E-state index in [4.69, 9.17) is 0 Å². The van der Waals surface area contributed by atoms with Crippen molar-refractivity contribution in [1.82, 2.24) is 4.98 Å². The smallest absolute Gasteiger partial charge is 0.258 e. The monoisotopic (exact) mass is 340 g/mol. The number of fused-ring (bicyclic) bond motifs is 1. The predicted octanol–water partition coefficient (Wildman–Crippen LogP) is 3.79. The maximum atomic E-state index is 13.2. The summed E-state index contributed by atoms with van der Waals surface area (Å²) in [4.78, 5) is 17.7. The molecule has 1 N–H and O–H groups in total.